The maximum atomic E-state index is 10.8. The maximum Gasteiger partial charge on any atom is 0.219 e. The summed E-state index contributed by atoms with van der Waals surface area (Å²) in [5.41, 5.74) is 13.6. The van der Waals surface area contributed by atoms with Crippen LogP contribution in [-0.2, 0) is 4.79 Å². The van der Waals surface area contributed by atoms with E-state index in [2.05, 4.69) is 9.59 Å². The lowest BCUT2D eigenvalue weighted by atomic mass is 10.0. The number of carbonyl (C=O) groups is 1. The van der Waals surface area contributed by atoms with E-state index in [4.69, 9.17) is 11.5 Å². The van der Waals surface area contributed by atoms with Gasteiger partial charge >= 0.3 is 0 Å². The normalized spacial score (nSPS) is 12.3. The molecular weight excluding hydrogens is 236 g/mol. The zero-order valence-electron chi connectivity index (χ0n) is 9.04. The summed E-state index contributed by atoms with van der Waals surface area (Å²) in [7, 11) is 0. The van der Waals surface area contributed by atoms with Crippen molar-refractivity contribution in [1.29, 1.82) is 0 Å². The van der Waals surface area contributed by atoms with Crippen LogP contribution in [0.4, 0.5) is 0 Å². The molecule has 5 nitrogen and oxygen atoms in total. The van der Waals surface area contributed by atoms with E-state index >= 15 is 0 Å². The molecule has 0 aliphatic heterocycles. The second-order valence-electron chi connectivity index (χ2n) is 3.69. The Labute approximate surface area is 103 Å². The van der Waals surface area contributed by atoms with Crippen molar-refractivity contribution in [2.45, 2.75) is 12.5 Å². The Hall–Kier alpha value is -1.79. The highest BCUT2D eigenvalue weighted by molar-refractivity contribution is 7.03. The van der Waals surface area contributed by atoms with Gasteiger partial charge in [-0.05, 0) is 17.1 Å². The third-order valence-electron chi connectivity index (χ3n) is 2.42. The molecule has 0 saturated heterocycles. The number of carbonyl (C=O) groups excluding carboxylic acids is 1. The minimum absolute atomic E-state index is 0.150. The maximum absolute atomic E-state index is 10.8. The van der Waals surface area contributed by atoms with Crippen LogP contribution in [0.2, 0.25) is 0 Å². The average molecular weight is 248 g/mol. The van der Waals surface area contributed by atoms with E-state index in [1.165, 1.54) is 11.5 Å². The Morgan fingerprint density at radius 1 is 1.35 bits per heavy atom. The average Bonchev–Trinajstić information content (AvgIpc) is 2.82. The summed E-state index contributed by atoms with van der Waals surface area (Å²) in [6.45, 7) is 0. The third-order valence-corrected chi connectivity index (χ3v) is 2.92. The van der Waals surface area contributed by atoms with Crippen LogP contribution in [0.5, 0.6) is 0 Å². The van der Waals surface area contributed by atoms with Gasteiger partial charge in [-0.15, -0.1) is 5.10 Å². The zero-order valence-corrected chi connectivity index (χ0v) is 9.85. The number of nitrogens with two attached hydrogens (primary N) is 2. The van der Waals surface area contributed by atoms with Crippen molar-refractivity contribution in [3.05, 3.63) is 35.2 Å². The molecule has 1 aromatic heterocycles. The molecule has 2 aromatic rings. The molecule has 0 radical (unpaired) electrons. The second-order valence-corrected chi connectivity index (χ2v) is 4.30. The van der Waals surface area contributed by atoms with E-state index in [1.807, 2.05) is 29.6 Å². The molecule has 17 heavy (non-hydrogen) atoms. The number of benzene rings is 1. The Morgan fingerprint density at radius 3 is 2.59 bits per heavy atom. The third kappa shape index (κ3) is 2.86. The van der Waals surface area contributed by atoms with E-state index in [0.29, 0.717) is 0 Å². The summed E-state index contributed by atoms with van der Waals surface area (Å²) in [5.74, 6) is -0.398. The highest BCUT2D eigenvalue weighted by Gasteiger charge is 2.09. The fourth-order valence-corrected chi connectivity index (χ4v) is 1.99. The van der Waals surface area contributed by atoms with Gasteiger partial charge < -0.3 is 11.5 Å². The molecule has 0 saturated carbocycles. The van der Waals surface area contributed by atoms with Gasteiger partial charge in [0.25, 0.3) is 0 Å². The zero-order chi connectivity index (χ0) is 12.3. The van der Waals surface area contributed by atoms with Gasteiger partial charge in [0.2, 0.25) is 5.91 Å². The molecule has 0 aliphatic rings. The molecule has 0 fully saturated rings. The first kappa shape index (κ1) is 11.7. The quantitative estimate of drug-likeness (QED) is 0.846. The van der Waals surface area contributed by atoms with Crippen molar-refractivity contribution in [2.75, 3.05) is 0 Å². The van der Waals surface area contributed by atoms with Gasteiger partial charge in [-0.25, -0.2) is 0 Å². The van der Waals surface area contributed by atoms with Crippen molar-refractivity contribution >= 4 is 17.4 Å². The minimum atomic E-state index is -0.398. The fourth-order valence-electron chi connectivity index (χ4n) is 1.53. The van der Waals surface area contributed by atoms with Crippen LogP contribution < -0.4 is 11.5 Å². The number of primary amides is 1. The van der Waals surface area contributed by atoms with Gasteiger partial charge in [0.1, 0.15) is 5.69 Å². The van der Waals surface area contributed by atoms with Crippen LogP contribution in [0, 0.1) is 0 Å². The molecular formula is C11H12N4OS. The molecule has 1 amide bonds. The first-order chi connectivity index (χ1) is 8.16. The highest BCUT2D eigenvalue weighted by Crippen LogP contribution is 2.21. The number of amides is 1. The van der Waals surface area contributed by atoms with Gasteiger partial charge in [0.15, 0.2) is 0 Å². The monoisotopic (exact) mass is 248 g/mol. The van der Waals surface area contributed by atoms with E-state index in [1.54, 1.807) is 0 Å². The molecule has 88 valence electrons. The first-order valence-corrected chi connectivity index (χ1v) is 5.92. The number of rotatable bonds is 4. The molecule has 2 rings (SSSR count). The lowest BCUT2D eigenvalue weighted by molar-refractivity contribution is -0.118. The van der Waals surface area contributed by atoms with Crippen LogP contribution in [0.25, 0.3) is 11.3 Å². The van der Waals surface area contributed by atoms with E-state index in [0.717, 1.165) is 16.8 Å². The summed E-state index contributed by atoms with van der Waals surface area (Å²) in [5, 5.41) is 5.85. The smallest absolute Gasteiger partial charge is 0.219 e. The van der Waals surface area contributed by atoms with E-state index in [-0.39, 0.29) is 12.5 Å². The SMILES string of the molecule is NC(=O)CC(N)c1ccc(-c2csnn2)cc1. The number of nitrogens with zero attached hydrogens (tertiary/aromatic N) is 2. The minimum Gasteiger partial charge on any atom is -0.370 e. The van der Waals surface area contributed by atoms with Crippen LogP contribution in [0.15, 0.2) is 29.6 Å². The fraction of sp³-hybridized carbons (Fsp3) is 0.182. The Balaban J connectivity index is 2.15. The number of aromatic nitrogens is 2. The highest BCUT2D eigenvalue weighted by atomic mass is 32.1. The molecule has 4 N–H and O–H groups in total. The van der Waals surface area contributed by atoms with Crippen molar-refractivity contribution in [3.8, 4) is 11.3 Å². The van der Waals surface area contributed by atoms with Crippen LogP contribution in [0.1, 0.15) is 18.0 Å². The largest absolute Gasteiger partial charge is 0.370 e. The Kier molecular flexibility index (Phi) is 3.46. The molecule has 6 heteroatoms. The number of hydrogen-bond donors (Lipinski definition) is 2. The Morgan fingerprint density at radius 2 is 2.06 bits per heavy atom. The summed E-state index contributed by atoms with van der Waals surface area (Å²) in [4.78, 5) is 10.8. The number of hydrogen-bond acceptors (Lipinski definition) is 5. The lowest BCUT2D eigenvalue weighted by Gasteiger charge is -2.09. The summed E-state index contributed by atoms with van der Waals surface area (Å²) < 4.78 is 3.80. The lowest BCUT2D eigenvalue weighted by Crippen LogP contribution is -2.20. The van der Waals surface area contributed by atoms with Crippen LogP contribution >= 0.6 is 11.5 Å². The van der Waals surface area contributed by atoms with Gasteiger partial charge in [-0.2, -0.15) is 0 Å². The van der Waals surface area contributed by atoms with Crippen LogP contribution in [-0.4, -0.2) is 15.5 Å². The summed E-state index contributed by atoms with van der Waals surface area (Å²) in [6, 6.07) is 7.22. The molecule has 0 spiro atoms. The van der Waals surface area contributed by atoms with Crippen molar-refractivity contribution in [3.63, 3.8) is 0 Å². The predicted octanol–water partition coefficient (Wildman–Crippen LogP) is 1.08. The molecule has 1 aromatic carbocycles. The molecule has 1 atom stereocenters. The standard InChI is InChI=1S/C11H12N4OS/c12-9(5-11(13)16)7-1-3-8(4-2-7)10-6-17-15-14-10/h1-4,6,9H,5,12H2,(H2,13,16). The second kappa shape index (κ2) is 5.03. The summed E-state index contributed by atoms with van der Waals surface area (Å²) in [6.07, 6.45) is 0.150. The van der Waals surface area contributed by atoms with E-state index in [9.17, 15) is 4.79 Å². The first-order valence-electron chi connectivity index (χ1n) is 5.08. The molecule has 0 bridgehead atoms. The van der Waals surface area contributed by atoms with E-state index < -0.39 is 5.91 Å². The molecule has 1 heterocycles. The van der Waals surface area contributed by atoms with Gasteiger partial charge in [-0.3, -0.25) is 4.79 Å². The van der Waals surface area contributed by atoms with Crippen molar-refractivity contribution < 1.29 is 4.79 Å². The van der Waals surface area contributed by atoms with Crippen molar-refractivity contribution in [2.24, 2.45) is 11.5 Å². The van der Waals surface area contributed by atoms with Gasteiger partial charge in [-0.1, -0.05) is 28.8 Å². The van der Waals surface area contributed by atoms with Crippen molar-refractivity contribution in [1.82, 2.24) is 9.59 Å². The van der Waals surface area contributed by atoms with Gasteiger partial charge in [0, 0.05) is 23.4 Å². The topological polar surface area (TPSA) is 94.9 Å². The van der Waals surface area contributed by atoms with Gasteiger partial charge in [0.05, 0.1) is 0 Å². The summed E-state index contributed by atoms with van der Waals surface area (Å²) >= 11 is 1.31. The van der Waals surface area contributed by atoms with Crippen LogP contribution in [0.3, 0.4) is 0 Å². The molecule has 1 unspecified atom stereocenters. The predicted molar refractivity (Wildman–Crippen MR) is 66.1 cm³/mol. The Bertz CT molecular complexity index is 495. The molecule has 0 aliphatic carbocycles.